The van der Waals surface area contributed by atoms with Gasteiger partial charge in [0.05, 0.1) is 6.04 Å². The van der Waals surface area contributed by atoms with Crippen molar-refractivity contribution in [1.29, 1.82) is 0 Å². The van der Waals surface area contributed by atoms with Crippen molar-refractivity contribution >= 4 is 5.91 Å². The molecule has 1 atom stereocenters. The van der Waals surface area contributed by atoms with Crippen LogP contribution in [0.3, 0.4) is 0 Å². The largest absolute Gasteiger partial charge is 0.508 e. The Labute approximate surface area is 95.3 Å². The Kier molecular flexibility index (Phi) is 4.79. The molecule has 4 nitrogen and oxygen atoms in total. The molecule has 1 aromatic rings. The molecule has 1 amide bonds. The fourth-order valence-electron chi connectivity index (χ4n) is 1.50. The van der Waals surface area contributed by atoms with Gasteiger partial charge in [0.1, 0.15) is 5.75 Å². The summed E-state index contributed by atoms with van der Waals surface area (Å²) in [5, 5.41) is 9.09. The molecule has 1 aromatic carbocycles. The van der Waals surface area contributed by atoms with E-state index >= 15 is 0 Å². The van der Waals surface area contributed by atoms with Gasteiger partial charge in [-0.3, -0.25) is 4.79 Å². The highest BCUT2D eigenvalue weighted by Gasteiger charge is 2.07. The maximum Gasteiger partial charge on any atom is 0.234 e. The van der Waals surface area contributed by atoms with Crippen LogP contribution in [0.4, 0.5) is 0 Å². The first-order valence-corrected chi connectivity index (χ1v) is 5.42. The molecule has 0 fully saturated rings. The van der Waals surface area contributed by atoms with Gasteiger partial charge in [0.15, 0.2) is 0 Å². The van der Waals surface area contributed by atoms with E-state index in [2.05, 4.69) is 0 Å². The molecule has 16 heavy (non-hydrogen) atoms. The summed E-state index contributed by atoms with van der Waals surface area (Å²) >= 11 is 0. The molecule has 0 spiro atoms. The van der Waals surface area contributed by atoms with Crippen molar-refractivity contribution in [2.75, 3.05) is 0 Å². The van der Waals surface area contributed by atoms with Crippen molar-refractivity contribution in [1.82, 2.24) is 0 Å². The summed E-state index contributed by atoms with van der Waals surface area (Å²) in [6.07, 6.45) is 3.40. The standard InChI is InChI=1S/C12H18N2O2/c13-11(12(14)16)4-2-1-3-9-5-7-10(15)8-6-9/h5-8,11,15H,1-4,13H2,(H2,14,16). The molecule has 5 N–H and O–H groups in total. The van der Waals surface area contributed by atoms with Crippen molar-refractivity contribution < 1.29 is 9.90 Å². The third-order valence-corrected chi connectivity index (χ3v) is 2.53. The monoisotopic (exact) mass is 222 g/mol. The molecule has 0 radical (unpaired) electrons. The van der Waals surface area contributed by atoms with Gasteiger partial charge >= 0.3 is 0 Å². The molecule has 0 saturated heterocycles. The second-order valence-electron chi connectivity index (χ2n) is 3.92. The first kappa shape index (κ1) is 12.5. The molecule has 0 aliphatic heterocycles. The smallest absolute Gasteiger partial charge is 0.234 e. The second-order valence-corrected chi connectivity index (χ2v) is 3.92. The Balaban J connectivity index is 2.21. The van der Waals surface area contributed by atoms with Crippen LogP contribution in [0.2, 0.25) is 0 Å². The normalized spacial score (nSPS) is 12.3. The van der Waals surface area contributed by atoms with Crippen LogP contribution in [-0.4, -0.2) is 17.1 Å². The third-order valence-electron chi connectivity index (χ3n) is 2.53. The lowest BCUT2D eigenvalue weighted by Gasteiger charge is -2.06. The third kappa shape index (κ3) is 4.31. The molecule has 4 heteroatoms. The van der Waals surface area contributed by atoms with Crippen molar-refractivity contribution in [2.24, 2.45) is 11.5 Å². The van der Waals surface area contributed by atoms with E-state index in [1.54, 1.807) is 12.1 Å². The minimum absolute atomic E-state index is 0.277. The zero-order chi connectivity index (χ0) is 12.0. The van der Waals surface area contributed by atoms with Gasteiger partial charge in [0, 0.05) is 0 Å². The van der Waals surface area contributed by atoms with E-state index in [0.717, 1.165) is 19.3 Å². The second kappa shape index (κ2) is 6.12. The SMILES string of the molecule is NC(=O)C(N)CCCCc1ccc(O)cc1. The van der Waals surface area contributed by atoms with Gasteiger partial charge in [0.2, 0.25) is 5.91 Å². The van der Waals surface area contributed by atoms with Gasteiger partial charge in [0.25, 0.3) is 0 Å². The molecule has 0 aromatic heterocycles. The number of aromatic hydroxyl groups is 1. The number of amides is 1. The molecule has 0 heterocycles. The lowest BCUT2D eigenvalue weighted by Crippen LogP contribution is -2.36. The number of phenols is 1. The number of rotatable bonds is 6. The average molecular weight is 222 g/mol. The van der Waals surface area contributed by atoms with Gasteiger partial charge in [-0.1, -0.05) is 18.6 Å². The van der Waals surface area contributed by atoms with Crippen molar-refractivity contribution in [3.8, 4) is 5.75 Å². The van der Waals surface area contributed by atoms with E-state index in [-0.39, 0.29) is 5.75 Å². The van der Waals surface area contributed by atoms with E-state index in [1.807, 2.05) is 12.1 Å². The van der Waals surface area contributed by atoms with Crippen LogP contribution < -0.4 is 11.5 Å². The summed E-state index contributed by atoms with van der Waals surface area (Å²) in [6.45, 7) is 0. The van der Waals surface area contributed by atoms with Gasteiger partial charge in [-0.25, -0.2) is 0 Å². The molecular weight excluding hydrogens is 204 g/mol. The van der Waals surface area contributed by atoms with Crippen LogP contribution in [0.1, 0.15) is 24.8 Å². The van der Waals surface area contributed by atoms with E-state index in [9.17, 15) is 4.79 Å². The fraction of sp³-hybridized carbons (Fsp3) is 0.417. The Morgan fingerprint density at radius 2 is 1.88 bits per heavy atom. The van der Waals surface area contributed by atoms with Crippen LogP contribution in [-0.2, 0) is 11.2 Å². The maximum atomic E-state index is 10.7. The summed E-state index contributed by atoms with van der Waals surface area (Å²) in [6, 6.07) is 6.60. The predicted molar refractivity (Wildman–Crippen MR) is 62.8 cm³/mol. The number of unbranched alkanes of at least 4 members (excludes halogenated alkanes) is 1. The van der Waals surface area contributed by atoms with Crippen molar-refractivity contribution in [3.05, 3.63) is 29.8 Å². The summed E-state index contributed by atoms with van der Waals surface area (Å²) in [5.41, 5.74) is 11.7. The highest BCUT2D eigenvalue weighted by atomic mass is 16.3. The van der Waals surface area contributed by atoms with E-state index in [0.29, 0.717) is 6.42 Å². The zero-order valence-corrected chi connectivity index (χ0v) is 9.23. The van der Waals surface area contributed by atoms with E-state index < -0.39 is 11.9 Å². The van der Waals surface area contributed by atoms with Gasteiger partial charge in [-0.2, -0.15) is 0 Å². The Morgan fingerprint density at radius 1 is 1.25 bits per heavy atom. The topological polar surface area (TPSA) is 89.3 Å². The summed E-state index contributed by atoms with van der Waals surface area (Å²) in [7, 11) is 0. The highest BCUT2D eigenvalue weighted by Crippen LogP contribution is 2.12. The Hall–Kier alpha value is -1.55. The molecule has 88 valence electrons. The zero-order valence-electron chi connectivity index (χ0n) is 9.23. The Morgan fingerprint density at radius 3 is 2.44 bits per heavy atom. The maximum absolute atomic E-state index is 10.7. The fourth-order valence-corrected chi connectivity index (χ4v) is 1.50. The molecular formula is C12H18N2O2. The Bertz CT molecular complexity index is 335. The minimum atomic E-state index is -0.528. The van der Waals surface area contributed by atoms with E-state index in [4.69, 9.17) is 16.6 Å². The summed E-state index contributed by atoms with van der Waals surface area (Å²) < 4.78 is 0. The first-order valence-electron chi connectivity index (χ1n) is 5.42. The highest BCUT2D eigenvalue weighted by molar-refractivity contribution is 5.79. The number of nitrogens with two attached hydrogens (primary N) is 2. The van der Waals surface area contributed by atoms with Gasteiger partial charge < -0.3 is 16.6 Å². The van der Waals surface area contributed by atoms with Crippen molar-refractivity contribution in [2.45, 2.75) is 31.7 Å². The average Bonchev–Trinajstić information content (AvgIpc) is 2.26. The van der Waals surface area contributed by atoms with Crippen molar-refractivity contribution in [3.63, 3.8) is 0 Å². The first-order chi connectivity index (χ1) is 7.59. The van der Waals surface area contributed by atoms with Crippen LogP contribution >= 0.6 is 0 Å². The number of benzene rings is 1. The lowest BCUT2D eigenvalue weighted by atomic mass is 10.0. The number of hydrogen-bond acceptors (Lipinski definition) is 3. The number of aryl methyl sites for hydroxylation is 1. The van der Waals surface area contributed by atoms with Gasteiger partial charge in [-0.15, -0.1) is 0 Å². The number of primary amides is 1. The summed E-state index contributed by atoms with van der Waals surface area (Å²) in [4.78, 5) is 10.7. The van der Waals surface area contributed by atoms with Gasteiger partial charge in [-0.05, 0) is 37.0 Å². The number of hydrogen-bond donors (Lipinski definition) is 3. The van der Waals surface area contributed by atoms with Crippen LogP contribution in [0.5, 0.6) is 5.75 Å². The molecule has 0 bridgehead atoms. The molecule has 1 rings (SSSR count). The summed E-state index contributed by atoms with van der Waals surface area (Å²) in [5.74, 6) is -0.163. The number of carbonyl (C=O) groups excluding carboxylic acids is 1. The van der Waals surface area contributed by atoms with E-state index in [1.165, 1.54) is 5.56 Å². The molecule has 0 aliphatic rings. The molecule has 1 unspecified atom stereocenters. The molecule has 0 aliphatic carbocycles. The quantitative estimate of drug-likeness (QED) is 0.625. The number of phenolic OH excluding ortho intramolecular Hbond substituents is 1. The lowest BCUT2D eigenvalue weighted by molar-refractivity contribution is -0.119. The van der Waals surface area contributed by atoms with Crippen LogP contribution in [0.25, 0.3) is 0 Å². The molecule has 0 saturated carbocycles. The number of carbonyl (C=O) groups is 1. The van der Waals surface area contributed by atoms with Crippen LogP contribution in [0.15, 0.2) is 24.3 Å². The minimum Gasteiger partial charge on any atom is -0.508 e. The van der Waals surface area contributed by atoms with Crippen LogP contribution in [0, 0.1) is 0 Å². The predicted octanol–water partition coefficient (Wildman–Crippen LogP) is 0.918.